The Morgan fingerprint density at radius 3 is 2.84 bits per heavy atom. The molecule has 2 aromatic rings. The molecule has 1 N–H and O–H groups in total. The van der Waals surface area contributed by atoms with Gasteiger partial charge < -0.3 is 14.8 Å². The molecule has 1 aliphatic heterocycles. The molecule has 0 aromatic heterocycles. The molecule has 1 fully saturated rings. The van der Waals surface area contributed by atoms with E-state index < -0.39 is 0 Å². The summed E-state index contributed by atoms with van der Waals surface area (Å²) in [7, 11) is 0. The molecule has 1 unspecified atom stereocenters. The topological polar surface area (TPSA) is 47.6 Å². The van der Waals surface area contributed by atoms with Crippen molar-refractivity contribution in [1.29, 1.82) is 0 Å². The van der Waals surface area contributed by atoms with Crippen molar-refractivity contribution in [3.63, 3.8) is 0 Å². The molecule has 4 heteroatoms. The van der Waals surface area contributed by atoms with Crippen LogP contribution in [-0.4, -0.2) is 25.2 Å². The zero-order chi connectivity index (χ0) is 17.3. The Balaban J connectivity index is 1.42. The van der Waals surface area contributed by atoms with Crippen LogP contribution in [0.25, 0.3) is 0 Å². The Hall–Kier alpha value is -2.33. The van der Waals surface area contributed by atoms with Gasteiger partial charge in [0, 0.05) is 24.8 Å². The second kappa shape index (κ2) is 9.23. The summed E-state index contributed by atoms with van der Waals surface area (Å²) in [4.78, 5) is 12.1. The summed E-state index contributed by atoms with van der Waals surface area (Å²) in [6, 6.07) is 17.8. The van der Waals surface area contributed by atoms with E-state index in [0.717, 1.165) is 43.7 Å². The maximum atomic E-state index is 12.1. The van der Waals surface area contributed by atoms with E-state index in [4.69, 9.17) is 9.47 Å². The zero-order valence-electron chi connectivity index (χ0n) is 14.4. The Morgan fingerprint density at radius 2 is 2.04 bits per heavy atom. The Labute approximate surface area is 149 Å². The average Bonchev–Trinajstić information content (AvgIpc) is 3.15. The molecule has 4 nitrogen and oxygen atoms in total. The van der Waals surface area contributed by atoms with Gasteiger partial charge in [0.25, 0.3) is 0 Å². The van der Waals surface area contributed by atoms with Gasteiger partial charge in [0.2, 0.25) is 5.91 Å². The summed E-state index contributed by atoms with van der Waals surface area (Å²) in [5, 5.41) is 2.95. The van der Waals surface area contributed by atoms with Crippen LogP contribution < -0.4 is 10.1 Å². The highest BCUT2D eigenvalue weighted by atomic mass is 16.5. The Kier molecular flexibility index (Phi) is 6.46. The van der Waals surface area contributed by atoms with E-state index in [1.807, 2.05) is 42.5 Å². The van der Waals surface area contributed by atoms with Crippen molar-refractivity contribution in [3.8, 4) is 5.75 Å². The van der Waals surface area contributed by atoms with E-state index in [9.17, 15) is 4.79 Å². The minimum atomic E-state index is 0.0345. The summed E-state index contributed by atoms with van der Waals surface area (Å²) < 4.78 is 11.3. The van der Waals surface area contributed by atoms with Crippen LogP contribution in [0.4, 0.5) is 5.69 Å². The molecule has 0 bridgehead atoms. The molecule has 25 heavy (non-hydrogen) atoms. The van der Waals surface area contributed by atoms with Crippen LogP contribution in [0.5, 0.6) is 5.75 Å². The van der Waals surface area contributed by atoms with Crippen LogP contribution >= 0.6 is 0 Å². The minimum Gasteiger partial charge on any atom is -0.491 e. The van der Waals surface area contributed by atoms with E-state index in [1.165, 1.54) is 5.56 Å². The highest BCUT2D eigenvalue weighted by molar-refractivity contribution is 5.90. The summed E-state index contributed by atoms with van der Waals surface area (Å²) in [6.07, 6.45) is 4.61. The van der Waals surface area contributed by atoms with E-state index in [2.05, 4.69) is 17.4 Å². The van der Waals surface area contributed by atoms with Gasteiger partial charge >= 0.3 is 0 Å². The van der Waals surface area contributed by atoms with Crippen LogP contribution in [0.3, 0.4) is 0 Å². The number of hydrogen-bond acceptors (Lipinski definition) is 3. The van der Waals surface area contributed by atoms with E-state index in [0.29, 0.717) is 13.0 Å². The standard InChI is InChI=1S/C21H25NO3/c23-21(13-4-9-17-7-2-1-3-8-17)22-18-10-5-11-19(15-18)25-16-20-12-6-14-24-20/h1-3,5,7-8,10-11,15,20H,4,6,9,12-14,16H2,(H,22,23). The molecule has 0 saturated carbocycles. The quantitative estimate of drug-likeness (QED) is 0.784. The lowest BCUT2D eigenvalue weighted by atomic mass is 10.1. The second-order valence-corrected chi connectivity index (χ2v) is 6.36. The van der Waals surface area contributed by atoms with Gasteiger partial charge in [-0.25, -0.2) is 0 Å². The highest BCUT2D eigenvalue weighted by Crippen LogP contribution is 2.20. The fourth-order valence-electron chi connectivity index (χ4n) is 2.95. The summed E-state index contributed by atoms with van der Waals surface area (Å²) >= 11 is 0. The smallest absolute Gasteiger partial charge is 0.224 e. The predicted molar refractivity (Wildman–Crippen MR) is 98.9 cm³/mol. The fraction of sp³-hybridized carbons (Fsp3) is 0.381. The third kappa shape index (κ3) is 5.91. The number of benzene rings is 2. The van der Waals surface area contributed by atoms with Gasteiger partial charge in [-0.2, -0.15) is 0 Å². The normalized spacial score (nSPS) is 16.6. The zero-order valence-corrected chi connectivity index (χ0v) is 14.4. The summed E-state index contributed by atoms with van der Waals surface area (Å²) in [5.74, 6) is 0.796. The molecule has 0 aliphatic carbocycles. The molecule has 1 aliphatic rings. The predicted octanol–water partition coefficient (Wildman–Crippen LogP) is 4.21. The van der Waals surface area contributed by atoms with Gasteiger partial charge in [0.15, 0.2) is 0 Å². The molecule has 3 rings (SSSR count). The largest absolute Gasteiger partial charge is 0.491 e. The molecule has 132 valence electrons. The van der Waals surface area contributed by atoms with Crippen LogP contribution in [0.1, 0.15) is 31.2 Å². The van der Waals surface area contributed by atoms with Crippen LogP contribution in [0, 0.1) is 0 Å². The average molecular weight is 339 g/mol. The third-order valence-corrected chi connectivity index (χ3v) is 4.29. The van der Waals surface area contributed by atoms with Crippen molar-refractivity contribution < 1.29 is 14.3 Å². The van der Waals surface area contributed by atoms with Crippen molar-refractivity contribution in [2.24, 2.45) is 0 Å². The Morgan fingerprint density at radius 1 is 1.16 bits per heavy atom. The number of nitrogens with one attached hydrogen (secondary N) is 1. The Bertz CT molecular complexity index is 666. The lowest BCUT2D eigenvalue weighted by molar-refractivity contribution is -0.116. The van der Waals surface area contributed by atoms with Gasteiger partial charge in [-0.05, 0) is 43.4 Å². The first kappa shape index (κ1) is 17.5. The maximum absolute atomic E-state index is 12.1. The van der Waals surface area contributed by atoms with Gasteiger partial charge in [-0.15, -0.1) is 0 Å². The molecule has 2 aromatic carbocycles. The summed E-state index contributed by atoms with van der Waals surface area (Å²) in [6.45, 7) is 1.39. The molecular formula is C21H25NO3. The number of aryl methyl sites for hydroxylation is 1. The van der Waals surface area contributed by atoms with Crippen molar-refractivity contribution >= 4 is 11.6 Å². The maximum Gasteiger partial charge on any atom is 0.224 e. The van der Waals surface area contributed by atoms with Crippen LogP contribution in [-0.2, 0) is 16.0 Å². The number of carbonyl (C=O) groups excluding carboxylic acids is 1. The molecule has 1 atom stereocenters. The number of rotatable bonds is 8. The lowest BCUT2D eigenvalue weighted by Gasteiger charge is -2.12. The first-order chi connectivity index (χ1) is 12.3. The second-order valence-electron chi connectivity index (χ2n) is 6.36. The van der Waals surface area contributed by atoms with Gasteiger partial charge in [-0.1, -0.05) is 36.4 Å². The van der Waals surface area contributed by atoms with E-state index in [-0.39, 0.29) is 12.0 Å². The van der Waals surface area contributed by atoms with Crippen molar-refractivity contribution in [3.05, 3.63) is 60.2 Å². The fourth-order valence-corrected chi connectivity index (χ4v) is 2.95. The third-order valence-electron chi connectivity index (χ3n) is 4.29. The van der Waals surface area contributed by atoms with Gasteiger partial charge in [0.05, 0.1) is 6.10 Å². The lowest BCUT2D eigenvalue weighted by Crippen LogP contribution is -2.16. The summed E-state index contributed by atoms with van der Waals surface area (Å²) in [5.41, 5.74) is 2.04. The molecule has 1 saturated heterocycles. The number of carbonyl (C=O) groups is 1. The molecule has 1 amide bonds. The van der Waals surface area contributed by atoms with Gasteiger partial charge in [-0.3, -0.25) is 4.79 Å². The minimum absolute atomic E-state index is 0.0345. The first-order valence-corrected chi connectivity index (χ1v) is 8.98. The van der Waals surface area contributed by atoms with Crippen molar-refractivity contribution in [1.82, 2.24) is 0 Å². The van der Waals surface area contributed by atoms with E-state index in [1.54, 1.807) is 0 Å². The highest BCUT2D eigenvalue weighted by Gasteiger charge is 2.16. The van der Waals surface area contributed by atoms with E-state index >= 15 is 0 Å². The number of ether oxygens (including phenoxy) is 2. The molecular weight excluding hydrogens is 314 g/mol. The number of hydrogen-bond donors (Lipinski definition) is 1. The monoisotopic (exact) mass is 339 g/mol. The van der Waals surface area contributed by atoms with Crippen LogP contribution in [0.2, 0.25) is 0 Å². The number of amides is 1. The SMILES string of the molecule is O=C(CCCc1ccccc1)Nc1cccc(OCC2CCCO2)c1. The van der Waals surface area contributed by atoms with Crippen molar-refractivity contribution in [2.45, 2.75) is 38.2 Å². The van der Waals surface area contributed by atoms with Gasteiger partial charge in [0.1, 0.15) is 12.4 Å². The molecule has 1 heterocycles. The van der Waals surface area contributed by atoms with Crippen molar-refractivity contribution in [2.75, 3.05) is 18.5 Å². The molecule has 0 spiro atoms. The first-order valence-electron chi connectivity index (χ1n) is 8.98. The number of anilines is 1. The van der Waals surface area contributed by atoms with Crippen LogP contribution in [0.15, 0.2) is 54.6 Å². The molecule has 0 radical (unpaired) electrons.